The zero-order valence-electron chi connectivity index (χ0n) is 14.3. The summed E-state index contributed by atoms with van der Waals surface area (Å²) in [5.74, 6) is 0.664. The van der Waals surface area contributed by atoms with E-state index in [1.165, 1.54) is 11.8 Å². The molecule has 0 aliphatic heterocycles. The summed E-state index contributed by atoms with van der Waals surface area (Å²) in [6.07, 6.45) is 1.60. The van der Waals surface area contributed by atoms with E-state index >= 15 is 0 Å². The minimum atomic E-state index is -0.347. The molecule has 8 heteroatoms. The predicted octanol–water partition coefficient (Wildman–Crippen LogP) is 3.05. The van der Waals surface area contributed by atoms with Crippen LogP contribution in [-0.4, -0.2) is 31.4 Å². The normalized spacial score (nSPS) is 12.1. The van der Waals surface area contributed by atoms with Crippen LogP contribution in [0.1, 0.15) is 23.8 Å². The zero-order chi connectivity index (χ0) is 17.8. The average Bonchev–Trinajstić information content (AvgIpc) is 3.24. The lowest BCUT2D eigenvalue weighted by atomic mass is 10.1. The fraction of sp³-hybridized carbons (Fsp3) is 0.294. The standard InChI is InChI=1S/C17H19N5O2S/c1-11-6-4-7-12(2)15(11)18-16(23)13(3)25-17-19-20-21-22(17)10-14-8-5-9-24-14/h4-9,13H,10H2,1-3H3,(H,18,23). The van der Waals surface area contributed by atoms with Gasteiger partial charge in [0.15, 0.2) is 0 Å². The lowest BCUT2D eigenvalue weighted by molar-refractivity contribution is -0.115. The Labute approximate surface area is 149 Å². The van der Waals surface area contributed by atoms with Gasteiger partial charge in [-0.25, -0.2) is 4.68 Å². The first-order valence-electron chi connectivity index (χ1n) is 7.87. The van der Waals surface area contributed by atoms with E-state index in [4.69, 9.17) is 4.42 Å². The number of aromatic nitrogens is 4. The summed E-state index contributed by atoms with van der Waals surface area (Å²) in [6.45, 7) is 6.21. The van der Waals surface area contributed by atoms with Gasteiger partial charge < -0.3 is 9.73 Å². The van der Waals surface area contributed by atoms with Crippen molar-refractivity contribution >= 4 is 23.4 Å². The van der Waals surface area contributed by atoms with Crippen LogP contribution in [0, 0.1) is 13.8 Å². The fourth-order valence-corrected chi connectivity index (χ4v) is 3.17. The van der Waals surface area contributed by atoms with E-state index in [-0.39, 0.29) is 11.2 Å². The number of nitrogens with zero attached hydrogens (tertiary/aromatic N) is 4. The Morgan fingerprint density at radius 1 is 1.28 bits per heavy atom. The number of tetrazole rings is 1. The van der Waals surface area contributed by atoms with Crippen LogP contribution in [0.4, 0.5) is 5.69 Å². The molecule has 0 spiro atoms. The van der Waals surface area contributed by atoms with Crippen LogP contribution in [0.15, 0.2) is 46.2 Å². The summed E-state index contributed by atoms with van der Waals surface area (Å²) in [4.78, 5) is 12.5. The molecule has 0 aliphatic carbocycles. The summed E-state index contributed by atoms with van der Waals surface area (Å²) >= 11 is 1.31. The first kappa shape index (κ1) is 17.2. The number of anilines is 1. The Morgan fingerprint density at radius 2 is 2.04 bits per heavy atom. The number of carbonyl (C=O) groups is 1. The van der Waals surface area contributed by atoms with Crippen LogP contribution < -0.4 is 5.32 Å². The van der Waals surface area contributed by atoms with Crippen LogP contribution in [-0.2, 0) is 11.3 Å². The number of carbonyl (C=O) groups excluding carboxylic acids is 1. The van der Waals surface area contributed by atoms with E-state index in [1.807, 2.05) is 51.1 Å². The van der Waals surface area contributed by atoms with Crippen molar-refractivity contribution in [1.29, 1.82) is 0 Å². The Hall–Kier alpha value is -2.61. The van der Waals surface area contributed by atoms with Gasteiger partial charge in [-0.05, 0) is 54.5 Å². The first-order valence-corrected chi connectivity index (χ1v) is 8.75. The van der Waals surface area contributed by atoms with E-state index in [9.17, 15) is 4.79 Å². The van der Waals surface area contributed by atoms with E-state index in [1.54, 1.807) is 10.9 Å². The average molecular weight is 357 g/mol. The Kier molecular flexibility index (Phi) is 5.18. The maximum absolute atomic E-state index is 12.5. The molecule has 130 valence electrons. The minimum Gasteiger partial charge on any atom is -0.467 e. The molecule has 1 N–H and O–H groups in total. The minimum absolute atomic E-state index is 0.0880. The summed E-state index contributed by atoms with van der Waals surface area (Å²) < 4.78 is 6.93. The number of aryl methyl sites for hydroxylation is 2. The highest BCUT2D eigenvalue weighted by Crippen LogP contribution is 2.24. The monoisotopic (exact) mass is 357 g/mol. The van der Waals surface area contributed by atoms with E-state index in [2.05, 4.69) is 20.8 Å². The predicted molar refractivity (Wildman–Crippen MR) is 95.5 cm³/mol. The van der Waals surface area contributed by atoms with Crippen molar-refractivity contribution in [1.82, 2.24) is 20.2 Å². The molecule has 1 aromatic carbocycles. The van der Waals surface area contributed by atoms with Crippen molar-refractivity contribution in [3.63, 3.8) is 0 Å². The van der Waals surface area contributed by atoms with Gasteiger partial charge in [-0.2, -0.15) is 0 Å². The van der Waals surface area contributed by atoms with Gasteiger partial charge in [0.25, 0.3) is 0 Å². The molecule has 0 saturated carbocycles. The molecule has 0 radical (unpaired) electrons. The molecule has 0 saturated heterocycles. The van der Waals surface area contributed by atoms with Gasteiger partial charge in [0.2, 0.25) is 11.1 Å². The lowest BCUT2D eigenvalue weighted by Gasteiger charge is -2.15. The third kappa shape index (κ3) is 4.08. The van der Waals surface area contributed by atoms with Gasteiger partial charge >= 0.3 is 0 Å². The van der Waals surface area contributed by atoms with Crippen molar-refractivity contribution in [3.05, 3.63) is 53.5 Å². The van der Waals surface area contributed by atoms with Crippen molar-refractivity contribution in [3.8, 4) is 0 Å². The number of hydrogen-bond donors (Lipinski definition) is 1. The summed E-state index contributed by atoms with van der Waals surface area (Å²) in [6, 6.07) is 9.59. The lowest BCUT2D eigenvalue weighted by Crippen LogP contribution is -2.24. The molecule has 7 nitrogen and oxygen atoms in total. The smallest absolute Gasteiger partial charge is 0.237 e. The number of rotatable bonds is 6. The number of benzene rings is 1. The summed E-state index contributed by atoms with van der Waals surface area (Å²) in [7, 11) is 0. The topological polar surface area (TPSA) is 85.8 Å². The number of thioether (sulfide) groups is 1. The molecule has 0 aliphatic rings. The SMILES string of the molecule is Cc1cccc(C)c1NC(=O)C(C)Sc1nnnn1Cc1ccco1. The van der Waals surface area contributed by atoms with Gasteiger partial charge in [0.1, 0.15) is 12.3 Å². The fourth-order valence-electron chi connectivity index (χ4n) is 2.38. The second kappa shape index (κ2) is 7.52. The van der Waals surface area contributed by atoms with Gasteiger partial charge in [0.05, 0.1) is 11.5 Å². The molecule has 25 heavy (non-hydrogen) atoms. The second-order valence-electron chi connectivity index (χ2n) is 5.71. The molecule has 0 fully saturated rings. The Morgan fingerprint density at radius 3 is 2.72 bits per heavy atom. The number of hydrogen-bond acceptors (Lipinski definition) is 6. The van der Waals surface area contributed by atoms with Crippen LogP contribution in [0.5, 0.6) is 0 Å². The van der Waals surface area contributed by atoms with E-state index in [0.29, 0.717) is 11.7 Å². The number of furan rings is 1. The quantitative estimate of drug-likeness (QED) is 0.683. The first-order chi connectivity index (χ1) is 12.0. The largest absolute Gasteiger partial charge is 0.467 e. The molecule has 3 aromatic rings. The third-order valence-electron chi connectivity index (χ3n) is 3.77. The highest BCUT2D eigenvalue weighted by molar-refractivity contribution is 8.00. The number of nitrogens with one attached hydrogen (secondary N) is 1. The van der Waals surface area contributed by atoms with Gasteiger partial charge in [-0.15, -0.1) is 5.10 Å². The van der Waals surface area contributed by atoms with E-state index < -0.39 is 0 Å². The zero-order valence-corrected chi connectivity index (χ0v) is 15.1. The maximum Gasteiger partial charge on any atom is 0.237 e. The van der Waals surface area contributed by atoms with Crippen molar-refractivity contribution in [2.24, 2.45) is 0 Å². The molecule has 1 amide bonds. The molecule has 2 heterocycles. The summed E-state index contributed by atoms with van der Waals surface area (Å²) in [5, 5.41) is 14.9. The van der Waals surface area contributed by atoms with Crippen LogP contribution in [0.2, 0.25) is 0 Å². The Balaban J connectivity index is 1.67. The summed E-state index contributed by atoms with van der Waals surface area (Å²) in [5.41, 5.74) is 2.93. The molecule has 1 unspecified atom stereocenters. The molecule has 3 rings (SSSR count). The molecule has 2 aromatic heterocycles. The Bertz CT molecular complexity index is 840. The molecule has 1 atom stereocenters. The van der Waals surface area contributed by atoms with Crippen LogP contribution in [0.3, 0.4) is 0 Å². The third-order valence-corrected chi connectivity index (χ3v) is 4.84. The van der Waals surface area contributed by atoms with Crippen molar-refractivity contribution < 1.29 is 9.21 Å². The molecular weight excluding hydrogens is 338 g/mol. The highest BCUT2D eigenvalue weighted by atomic mass is 32.2. The van der Waals surface area contributed by atoms with Gasteiger partial charge in [-0.1, -0.05) is 30.0 Å². The molecule has 0 bridgehead atoms. The van der Waals surface area contributed by atoms with Crippen molar-refractivity contribution in [2.75, 3.05) is 5.32 Å². The highest BCUT2D eigenvalue weighted by Gasteiger charge is 2.20. The van der Waals surface area contributed by atoms with Crippen LogP contribution in [0.25, 0.3) is 0 Å². The maximum atomic E-state index is 12.5. The molecular formula is C17H19N5O2S. The second-order valence-corrected chi connectivity index (χ2v) is 7.02. The van der Waals surface area contributed by atoms with Crippen molar-refractivity contribution in [2.45, 2.75) is 37.7 Å². The van der Waals surface area contributed by atoms with Crippen LogP contribution >= 0.6 is 11.8 Å². The van der Waals surface area contributed by atoms with E-state index in [0.717, 1.165) is 22.6 Å². The van der Waals surface area contributed by atoms with Gasteiger partial charge in [0, 0.05) is 5.69 Å². The number of para-hydroxylation sites is 1. The van der Waals surface area contributed by atoms with Gasteiger partial charge in [-0.3, -0.25) is 4.79 Å². The number of amides is 1.